The number of carbonyl (C=O) groups is 2. The third kappa shape index (κ3) is 7.55. The minimum Gasteiger partial charge on any atom is -0.462 e. The van der Waals surface area contributed by atoms with Gasteiger partial charge in [0.25, 0.3) is 0 Å². The summed E-state index contributed by atoms with van der Waals surface area (Å²) in [7, 11) is 1.37. The van der Waals surface area contributed by atoms with Gasteiger partial charge in [-0.25, -0.2) is 4.79 Å². The number of rotatable bonds is 5. The number of allylic oxidation sites excluding steroid dienone is 2. The van der Waals surface area contributed by atoms with Crippen molar-refractivity contribution in [1.82, 2.24) is 0 Å². The lowest BCUT2D eigenvalue weighted by atomic mass is 9.70. The summed E-state index contributed by atoms with van der Waals surface area (Å²) in [5.41, 5.74) is -0.0691. The van der Waals surface area contributed by atoms with E-state index in [0.717, 1.165) is 12.0 Å². The van der Waals surface area contributed by atoms with Crippen molar-refractivity contribution in [2.75, 3.05) is 20.3 Å². The van der Waals surface area contributed by atoms with Crippen molar-refractivity contribution in [2.45, 2.75) is 108 Å². The molecule has 282 valence electrons. The molecule has 5 aliphatic rings. The van der Waals surface area contributed by atoms with E-state index in [1.54, 1.807) is 36.4 Å². The van der Waals surface area contributed by atoms with Gasteiger partial charge in [0, 0.05) is 30.7 Å². The third-order valence-electron chi connectivity index (χ3n) is 11.2. The van der Waals surface area contributed by atoms with Crippen LogP contribution in [0.15, 0.2) is 82.6 Å². The summed E-state index contributed by atoms with van der Waals surface area (Å²) in [5.74, 6) is -3.63. The van der Waals surface area contributed by atoms with Gasteiger partial charge < -0.3 is 43.8 Å². The van der Waals surface area contributed by atoms with Crippen LogP contribution >= 0.6 is 0 Å². The second kappa shape index (κ2) is 15.8. The van der Waals surface area contributed by atoms with E-state index in [2.05, 4.69) is 12.1 Å². The fourth-order valence-electron chi connectivity index (χ4n) is 8.11. The summed E-state index contributed by atoms with van der Waals surface area (Å²) >= 11 is 0. The van der Waals surface area contributed by atoms with Crippen LogP contribution in [-0.2, 0) is 38.1 Å². The van der Waals surface area contributed by atoms with Gasteiger partial charge in [-0.2, -0.15) is 0 Å². The monoisotopic (exact) mass is 721 g/mol. The van der Waals surface area contributed by atoms with Gasteiger partial charge in [-0.05, 0) is 49.3 Å². The molecule has 0 saturated carbocycles. The largest absolute Gasteiger partial charge is 0.462 e. The molecule has 3 fully saturated rings. The Hall–Kier alpha value is -3.65. The summed E-state index contributed by atoms with van der Waals surface area (Å²) in [6, 6.07) is 8.93. The van der Waals surface area contributed by atoms with Gasteiger partial charge in [-0.15, -0.1) is 0 Å². The van der Waals surface area contributed by atoms with E-state index in [1.165, 1.54) is 13.2 Å². The molecular weight excluding hydrogens is 670 g/mol. The predicted molar refractivity (Wildman–Crippen MR) is 190 cm³/mol. The number of oxime groups is 1. The molecule has 1 aromatic carbocycles. The molecule has 0 aromatic heterocycles. The van der Waals surface area contributed by atoms with E-state index in [0.29, 0.717) is 42.7 Å². The first-order chi connectivity index (χ1) is 24.9. The highest BCUT2D eigenvalue weighted by molar-refractivity contribution is 6.43. The fourth-order valence-corrected chi connectivity index (χ4v) is 8.11. The molecule has 52 heavy (non-hydrogen) atoms. The van der Waals surface area contributed by atoms with Crippen LogP contribution in [0.1, 0.15) is 65.4 Å². The van der Waals surface area contributed by atoms with Crippen LogP contribution in [0.3, 0.4) is 0 Å². The zero-order valence-corrected chi connectivity index (χ0v) is 30.5. The highest BCUT2D eigenvalue weighted by Crippen LogP contribution is 2.47. The lowest BCUT2D eigenvalue weighted by Gasteiger charge is -2.49. The molecule has 2 bridgehead atoms. The second-order valence-electron chi connectivity index (χ2n) is 14.8. The van der Waals surface area contributed by atoms with Crippen molar-refractivity contribution in [1.29, 1.82) is 0 Å². The molecule has 0 amide bonds. The molecule has 1 spiro atoms. The maximum Gasteiger partial charge on any atom is 0.361 e. The van der Waals surface area contributed by atoms with Gasteiger partial charge in [-0.1, -0.05) is 79.7 Å². The van der Waals surface area contributed by atoms with Crippen LogP contribution in [0.2, 0.25) is 0 Å². The van der Waals surface area contributed by atoms with E-state index >= 15 is 0 Å². The Labute approximate surface area is 304 Å². The maximum atomic E-state index is 14.1. The smallest absolute Gasteiger partial charge is 0.361 e. The first kappa shape index (κ1) is 38.1. The molecule has 11 atom stereocenters. The minimum absolute atomic E-state index is 0.0231. The normalized spacial score (nSPS) is 41.0. The van der Waals surface area contributed by atoms with Gasteiger partial charge in [-0.3, -0.25) is 4.79 Å². The van der Waals surface area contributed by atoms with Crippen molar-refractivity contribution < 1.29 is 53.4 Å². The molecule has 12 heteroatoms. The topological polar surface area (TPSA) is 163 Å². The van der Waals surface area contributed by atoms with Gasteiger partial charge in [0.15, 0.2) is 11.5 Å². The van der Waals surface area contributed by atoms with E-state index in [1.807, 2.05) is 39.0 Å². The Morgan fingerprint density at radius 2 is 1.88 bits per heavy atom. The predicted octanol–water partition coefficient (Wildman–Crippen LogP) is 4.08. The van der Waals surface area contributed by atoms with Crippen molar-refractivity contribution in [3.8, 4) is 0 Å². The Kier molecular flexibility index (Phi) is 11.5. The first-order valence-corrected chi connectivity index (χ1v) is 18.2. The number of carbonyl (C=O) groups excluding carboxylic acids is 2. The molecular formula is C40H51NO11. The van der Waals surface area contributed by atoms with E-state index in [9.17, 15) is 24.9 Å². The summed E-state index contributed by atoms with van der Waals surface area (Å²) in [5, 5.41) is 37.5. The van der Waals surface area contributed by atoms with Crippen molar-refractivity contribution in [2.24, 2.45) is 22.9 Å². The molecule has 3 unspecified atom stereocenters. The van der Waals surface area contributed by atoms with Crippen LogP contribution in [-0.4, -0.2) is 101 Å². The summed E-state index contributed by atoms with van der Waals surface area (Å²) in [6.07, 6.45) is 6.80. The van der Waals surface area contributed by atoms with Crippen molar-refractivity contribution in [3.05, 3.63) is 83.0 Å². The number of benzene rings is 1. The van der Waals surface area contributed by atoms with Gasteiger partial charge in [0.2, 0.25) is 0 Å². The maximum absolute atomic E-state index is 14.1. The molecule has 4 heterocycles. The standard InChI is InChI=1S/C40H51NO11/c1-23-16-17-39(51-26(23)4)20-31-19-30(52-39)15-14-25(3)35(50-38(45)33(41-47-5)27-11-7-6-8-12-27)24(2)10-9-13-29-22-48-36-34(43)28(21-42)18-32(37(44)49-31)40(29,36)46/h6-14,18,23-24,26,30-32,34-36,42-43,46H,15-17,19-22H2,1-5H3/b10-9+,25-14+,29-13+,41-33-/t23-,24-,26+,30+,31-,32?,34+,35+,36?,39?,40+/m0/s1. The average Bonchev–Trinajstić information content (AvgIpc) is 3.46. The Morgan fingerprint density at radius 1 is 1.12 bits per heavy atom. The molecule has 6 rings (SSSR count). The van der Waals surface area contributed by atoms with Crippen LogP contribution < -0.4 is 0 Å². The number of esters is 2. The average molecular weight is 722 g/mol. The van der Waals surface area contributed by atoms with E-state index in [4.69, 9.17) is 28.5 Å². The van der Waals surface area contributed by atoms with Crippen LogP contribution in [0.25, 0.3) is 0 Å². The summed E-state index contributed by atoms with van der Waals surface area (Å²) in [6.45, 7) is 7.38. The van der Waals surface area contributed by atoms with Crippen molar-refractivity contribution >= 4 is 17.7 Å². The molecule has 3 saturated heterocycles. The Balaban J connectivity index is 1.40. The van der Waals surface area contributed by atoms with E-state index in [-0.39, 0.29) is 29.9 Å². The lowest BCUT2D eigenvalue weighted by molar-refractivity contribution is -0.332. The number of aliphatic hydroxyl groups excluding tert-OH is 2. The highest BCUT2D eigenvalue weighted by Gasteiger charge is 2.60. The second-order valence-corrected chi connectivity index (χ2v) is 14.8. The van der Waals surface area contributed by atoms with Gasteiger partial charge in [0.05, 0.1) is 25.4 Å². The van der Waals surface area contributed by atoms with Crippen LogP contribution in [0.4, 0.5) is 0 Å². The zero-order chi connectivity index (χ0) is 37.2. The fraction of sp³-hybridized carbons (Fsp3) is 0.575. The third-order valence-corrected chi connectivity index (χ3v) is 11.2. The lowest BCUT2D eigenvalue weighted by Crippen LogP contribution is -2.58. The van der Waals surface area contributed by atoms with Crippen LogP contribution in [0, 0.1) is 17.8 Å². The number of hydrogen-bond donors (Lipinski definition) is 3. The number of ether oxygens (including phenoxy) is 5. The number of aliphatic hydroxyl groups is 3. The summed E-state index contributed by atoms with van der Waals surface area (Å²) < 4.78 is 31.6. The number of fused-ring (bicyclic) bond motifs is 2. The zero-order valence-electron chi connectivity index (χ0n) is 30.5. The Bertz CT molecular complexity index is 1630. The van der Waals surface area contributed by atoms with Crippen molar-refractivity contribution in [3.63, 3.8) is 0 Å². The molecule has 4 aliphatic heterocycles. The first-order valence-electron chi connectivity index (χ1n) is 18.2. The molecule has 0 radical (unpaired) electrons. The molecule has 12 nitrogen and oxygen atoms in total. The quantitative estimate of drug-likeness (QED) is 0.174. The van der Waals surface area contributed by atoms with Gasteiger partial charge in [0.1, 0.15) is 43.0 Å². The minimum atomic E-state index is -1.95. The van der Waals surface area contributed by atoms with Crippen LogP contribution in [0.5, 0.6) is 0 Å². The SMILES string of the molecule is CO/N=C(\C(=O)O[C@H]1/C(C)=C/C[C@@H]2C[C@@H](CC3(CC[C@H](C)[C@@H](C)O3)O2)OC(=O)C2C=C(CO)[C@@H](O)C3OC/C(=C\C=C\[C@@H]1C)[C@@]23O)c1ccccc1. The number of nitrogens with zero attached hydrogens (tertiary/aromatic N) is 1. The molecule has 1 aliphatic carbocycles. The molecule has 3 N–H and O–H groups in total. The highest BCUT2D eigenvalue weighted by atomic mass is 16.7. The molecule has 1 aromatic rings. The van der Waals surface area contributed by atoms with E-state index < -0.39 is 66.4 Å². The number of hydrogen-bond acceptors (Lipinski definition) is 12. The van der Waals surface area contributed by atoms with Gasteiger partial charge >= 0.3 is 11.9 Å². The summed E-state index contributed by atoms with van der Waals surface area (Å²) in [4.78, 5) is 32.9. The Morgan fingerprint density at radius 3 is 2.60 bits per heavy atom.